The van der Waals surface area contributed by atoms with Crippen LogP contribution in [-0.2, 0) is 19.1 Å². The van der Waals surface area contributed by atoms with Gasteiger partial charge < -0.3 is 31.1 Å². The Morgan fingerprint density at radius 2 is 1.74 bits per heavy atom. The second-order valence-electron chi connectivity index (χ2n) is 10.2. The molecule has 1 aliphatic heterocycles. The molecular weight excluding hydrogens is 488 g/mol. The standard InChI is InChI=1S/C27H42N6O5/c1-38-22(34)17-30-21(16-18-8-4-2-5-9-18)25(36)32-23(24(35)19-10-6-3-7-11-19)26(37)31-20-12-14-33(15-13-20)27(28)29/h3,6-7,10-11,18,20-21,23-24,30,35H,2,4-5,8-9,12-17H2,1H3,(H3,28,29)(H,31,37)(H,32,36)/t21-,23+,24+/m1/s1. The fourth-order valence-corrected chi connectivity index (χ4v) is 5.26. The first-order valence-electron chi connectivity index (χ1n) is 13.5. The molecule has 2 fully saturated rings. The van der Waals surface area contributed by atoms with Gasteiger partial charge in [-0.3, -0.25) is 25.1 Å². The van der Waals surface area contributed by atoms with Gasteiger partial charge in [-0.1, -0.05) is 62.4 Å². The molecule has 0 spiro atoms. The van der Waals surface area contributed by atoms with Crippen LogP contribution >= 0.6 is 0 Å². The second-order valence-corrected chi connectivity index (χ2v) is 10.2. The number of nitrogens with one attached hydrogen (secondary N) is 4. The van der Waals surface area contributed by atoms with Crippen LogP contribution in [0.5, 0.6) is 0 Å². The highest BCUT2D eigenvalue weighted by molar-refractivity contribution is 5.90. The summed E-state index contributed by atoms with van der Waals surface area (Å²) in [5.74, 6) is -1.08. The van der Waals surface area contributed by atoms with Crippen molar-refractivity contribution in [2.45, 2.75) is 75.6 Å². The molecule has 1 saturated carbocycles. The molecule has 38 heavy (non-hydrogen) atoms. The number of benzene rings is 1. The fourth-order valence-electron chi connectivity index (χ4n) is 5.26. The van der Waals surface area contributed by atoms with Gasteiger partial charge in [0.25, 0.3) is 0 Å². The summed E-state index contributed by atoms with van der Waals surface area (Å²) in [5.41, 5.74) is 6.08. The van der Waals surface area contributed by atoms with Crippen molar-refractivity contribution in [3.05, 3.63) is 35.9 Å². The lowest BCUT2D eigenvalue weighted by molar-refractivity contribution is -0.140. The number of carbonyl (C=O) groups excluding carboxylic acids is 3. The number of carbonyl (C=O) groups is 3. The Kier molecular flexibility index (Phi) is 11.3. The molecule has 1 saturated heterocycles. The van der Waals surface area contributed by atoms with E-state index in [0.29, 0.717) is 43.8 Å². The van der Waals surface area contributed by atoms with Gasteiger partial charge in [-0.15, -0.1) is 0 Å². The summed E-state index contributed by atoms with van der Waals surface area (Å²) in [4.78, 5) is 40.5. The van der Waals surface area contributed by atoms with E-state index in [0.717, 1.165) is 25.7 Å². The molecule has 11 nitrogen and oxygen atoms in total. The molecular formula is C27H42N6O5. The third-order valence-electron chi connectivity index (χ3n) is 7.55. The molecule has 0 unspecified atom stereocenters. The Morgan fingerprint density at radius 1 is 1.08 bits per heavy atom. The number of nitrogens with two attached hydrogens (primary N) is 1. The van der Waals surface area contributed by atoms with Crippen LogP contribution in [-0.4, -0.2) is 78.6 Å². The maximum atomic E-state index is 13.5. The minimum Gasteiger partial charge on any atom is -0.468 e. The topological polar surface area (TPSA) is 170 Å². The molecule has 1 aliphatic carbocycles. The van der Waals surface area contributed by atoms with E-state index in [-0.39, 0.29) is 18.5 Å². The van der Waals surface area contributed by atoms with Gasteiger partial charge in [0.15, 0.2) is 5.96 Å². The summed E-state index contributed by atoms with van der Waals surface area (Å²) in [6, 6.07) is 6.63. The van der Waals surface area contributed by atoms with Crippen molar-refractivity contribution in [2.24, 2.45) is 11.7 Å². The molecule has 3 atom stereocenters. The zero-order valence-corrected chi connectivity index (χ0v) is 22.2. The van der Waals surface area contributed by atoms with E-state index in [1.165, 1.54) is 13.5 Å². The predicted molar refractivity (Wildman–Crippen MR) is 143 cm³/mol. The highest BCUT2D eigenvalue weighted by atomic mass is 16.5. The third-order valence-corrected chi connectivity index (χ3v) is 7.55. The van der Waals surface area contributed by atoms with E-state index in [4.69, 9.17) is 15.9 Å². The molecule has 0 radical (unpaired) electrons. The average Bonchev–Trinajstić information content (AvgIpc) is 2.94. The fraction of sp³-hybridized carbons (Fsp3) is 0.630. The van der Waals surface area contributed by atoms with Crippen LogP contribution < -0.4 is 21.7 Å². The molecule has 3 rings (SSSR count). The summed E-state index contributed by atoms with van der Waals surface area (Å²) < 4.78 is 4.73. The van der Waals surface area contributed by atoms with E-state index >= 15 is 0 Å². The van der Waals surface area contributed by atoms with Crippen molar-refractivity contribution in [1.29, 1.82) is 5.41 Å². The molecule has 1 heterocycles. The smallest absolute Gasteiger partial charge is 0.319 e. The number of aliphatic hydroxyl groups is 1. The molecule has 1 aromatic rings. The Bertz CT molecular complexity index is 931. The normalized spacial score (nSPS) is 19.2. The number of likely N-dealkylation sites (tertiary alicyclic amines) is 1. The summed E-state index contributed by atoms with van der Waals surface area (Å²) in [7, 11) is 1.29. The van der Waals surface area contributed by atoms with Crippen LogP contribution in [0.4, 0.5) is 0 Å². The lowest BCUT2D eigenvalue weighted by Gasteiger charge is -2.34. The van der Waals surface area contributed by atoms with Crippen molar-refractivity contribution in [1.82, 2.24) is 20.9 Å². The van der Waals surface area contributed by atoms with Crippen LogP contribution in [0.2, 0.25) is 0 Å². The Hall–Kier alpha value is -3.18. The average molecular weight is 531 g/mol. The Labute approximate surface area is 224 Å². The number of piperidine rings is 1. The van der Waals surface area contributed by atoms with Gasteiger partial charge in [0.1, 0.15) is 12.1 Å². The largest absolute Gasteiger partial charge is 0.468 e. The maximum absolute atomic E-state index is 13.5. The van der Waals surface area contributed by atoms with Gasteiger partial charge in [-0.2, -0.15) is 0 Å². The van der Waals surface area contributed by atoms with Crippen molar-refractivity contribution in [3.63, 3.8) is 0 Å². The number of hydrogen-bond acceptors (Lipinski definition) is 7. The van der Waals surface area contributed by atoms with Crippen LogP contribution in [0.1, 0.15) is 63.0 Å². The Balaban J connectivity index is 1.73. The van der Waals surface area contributed by atoms with E-state index < -0.39 is 36.0 Å². The summed E-state index contributed by atoms with van der Waals surface area (Å²) in [6.07, 6.45) is 5.87. The molecule has 210 valence electrons. The van der Waals surface area contributed by atoms with Gasteiger partial charge in [0.05, 0.1) is 19.7 Å². The third kappa shape index (κ3) is 8.70. The number of esters is 1. The zero-order valence-electron chi connectivity index (χ0n) is 22.2. The van der Waals surface area contributed by atoms with Crippen molar-refractivity contribution >= 4 is 23.7 Å². The molecule has 1 aromatic carbocycles. The number of guanidine groups is 1. The van der Waals surface area contributed by atoms with Crippen LogP contribution in [0.3, 0.4) is 0 Å². The van der Waals surface area contributed by atoms with Gasteiger partial charge in [0, 0.05) is 19.1 Å². The van der Waals surface area contributed by atoms with Crippen molar-refractivity contribution in [3.8, 4) is 0 Å². The van der Waals surface area contributed by atoms with Gasteiger partial charge in [-0.25, -0.2) is 0 Å². The van der Waals surface area contributed by atoms with E-state index in [2.05, 4.69) is 16.0 Å². The predicted octanol–water partition coefficient (Wildman–Crippen LogP) is 0.780. The van der Waals surface area contributed by atoms with Crippen LogP contribution in [0, 0.1) is 11.3 Å². The SMILES string of the molecule is COC(=O)CN[C@H](CC1CCCCC1)C(=O)N[C@H](C(=O)NC1CCN(C(=N)N)CC1)[C@@H](O)c1ccccc1. The summed E-state index contributed by atoms with van der Waals surface area (Å²) in [5, 5.41) is 27.5. The molecule has 2 aliphatic rings. The monoisotopic (exact) mass is 530 g/mol. The van der Waals surface area contributed by atoms with E-state index in [1.54, 1.807) is 29.2 Å². The minimum absolute atomic E-state index is 0.00267. The molecule has 11 heteroatoms. The molecule has 7 N–H and O–H groups in total. The first kappa shape index (κ1) is 29.4. The maximum Gasteiger partial charge on any atom is 0.319 e. The van der Waals surface area contributed by atoms with Gasteiger partial charge in [0.2, 0.25) is 11.8 Å². The van der Waals surface area contributed by atoms with E-state index in [9.17, 15) is 19.5 Å². The van der Waals surface area contributed by atoms with Crippen molar-refractivity contribution in [2.75, 3.05) is 26.7 Å². The van der Waals surface area contributed by atoms with Crippen LogP contribution in [0.15, 0.2) is 30.3 Å². The number of nitrogens with zero attached hydrogens (tertiary/aromatic N) is 1. The first-order valence-corrected chi connectivity index (χ1v) is 13.5. The summed E-state index contributed by atoms with van der Waals surface area (Å²) in [6.45, 7) is 0.951. The highest BCUT2D eigenvalue weighted by Crippen LogP contribution is 2.27. The minimum atomic E-state index is -1.27. The number of hydrogen-bond donors (Lipinski definition) is 6. The summed E-state index contributed by atoms with van der Waals surface area (Å²) >= 11 is 0. The Morgan fingerprint density at radius 3 is 2.34 bits per heavy atom. The zero-order chi connectivity index (χ0) is 27.5. The van der Waals surface area contributed by atoms with E-state index in [1.807, 2.05) is 6.07 Å². The molecule has 0 aromatic heterocycles. The quantitative estimate of drug-likeness (QED) is 0.138. The first-order chi connectivity index (χ1) is 18.3. The number of aliphatic hydroxyl groups excluding tert-OH is 1. The molecule has 2 amide bonds. The molecule has 0 bridgehead atoms. The number of ether oxygens (including phenoxy) is 1. The highest BCUT2D eigenvalue weighted by Gasteiger charge is 2.34. The number of amides is 2. The number of rotatable bonds is 11. The lowest BCUT2D eigenvalue weighted by atomic mass is 9.84. The lowest BCUT2D eigenvalue weighted by Crippen LogP contribution is -2.58. The number of methoxy groups -OCH3 is 1. The van der Waals surface area contributed by atoms with Gasteiger partial charge in [-0.05, 0) is 30.7 Å². The van der Waals surface area contributed by atoms with Gasteiger partial charge >= 0.3 is 5.97 Å². The van der Waals surface area contributed by atoms with Crippen LogP contribution in [0.25, 0.3) is 0 Å². The second kappa shape index (κ2) is 14.7. The van der Waals surface area contributed by atoms with Crippen molar-refractivity contribution < 1.29 is 24.2 Å².